The van der Waals surface area contributed by atoms with Crippen LogP contribution in [-0.2, 0) is 0 Å². The first-order chi connectivity index (χ1) is 8.59. The summed E-state index contributed by atoms with van der Waals surface area (Å²) in [6.07, 6.45) is -0.501. The van der Waals surface area contributed by atoms with Crippen LogP contribution in [-0.4, -0.2) is 12.2 Å². The molecule has 0 unspecified atom stereocenters. The molecule has 0 aliphatic carbocycles. The smallest absolute Gasteiger partial charge is 0.0762 e. The van der Waals surface area contributed by atoms with Gasteiger partial charge in [0.25, 0.3) is 0 Å². The number of benzene rings is 2. The van der Waals surface area contributed by atoms with Crippen molar-refractivity contribution in [1.82, 2.24) is 0 Å². The van der Waals surface area contributed by atoms with Gasteiger partial charge in [-0.25, -0.2) is 0 Å². The molecule has 0 aliphatic heterocycles. The molecule has 2 aromatic carbocycles. The van der Waals surface area contributed by atoms with E-state index in [4.69, 9.17) is 11.6 Å². The quantitative estimate of drug-likeness (QED) is 0.897. The highest BCUT2D eigenvalue weighted by Crippen LogP contribution is 2.32. The largest absolute Gasteiger partial charge is 0.389 e. The molecule has 2 aromatic rings. The van der Waals surface area contributed by atoms with E-state index < -0.39 is 6.10 Å². The van der Waals surface area contributed by atoms with Crippen LogP contribution in [0.3, 0.4) is 0 Å². The van der Waals surface area contributed by atoms with Crippen LogP contribution < -0.4 is 4.90 Å². The molecule has 2 nitrogen and oxygen atoms in total. The Kier molecular flexibility index (Phi) is 3.90. The fourth-order valence-corrected chi connectivity index (χ4v) is 2.16. The standard InChI is InChI=1S/C15H16ClNO/c1-11(18)12-8-9-15(14(16)10-12)17(2)13-6-4-3-5-7-13/h3-11,18H,1-2H3/t11-/m0/s1. The minimum absolute atomic E-state index is 0.501. The molecule has 1 N–H and O–H groups in total. The second-order valence-electron chi connectivity index (χ2n) is 4.28. The van der Waals surface area contributed by atoms with Crippen LogP contribution in [0.4, 0.5) is 11.4 Å². The van der Waals surface area contributed by atoms with Crippen molar-refractivity contribution in [3.63, 3.8) is 0 Å². The van der Waals surface area contributed by atoms with Gasteiger partial charge < -0.3 is 10.0 Å². The van der Waals surface area contributed by atoms with Gasteiger partial charge in [0.1, 0.15) is 0 Å². The first-order valence-electron chi connectivity index (χ1n) is 5.86. The molecule has 0 radical (unpaired) electrons. The normalized spacial score (nSPS) is 12.2. The Bertz CT molecular complexity index is 525. The zero-order chi connectivity index (χ0) is 13.1. The molecule has 3 heteroatoms. The summed E-state index contributed by atoms with van der Waals surface area (Å²) in [5.41, 5.74) is 2.82. The maximum absolute atomic E-state index is 9.52. The van der Waals surface area contributed by atoms with Gasteiger partial charge in [-0.15, -0.1) is 0 Å². The molecule has 18 heavy (non-hydrogen) atoms. The van der Waals surface area contributed by atoms with Crippen molar-refractivity contribution in [3.8, 4) is 0 Å². The topological polar surface area (TPSA) is 23.5 Å². The van der Waals surface area contributed by atoms with Gasteiger partial charge in [0.05, 0.1) is 16.8 Å². The highest BCUT2D eigenvalue weighted by atomic mass is 35.5. The number of anilines is 2. The van der Waals surface area contributed by atoms with Crippen LogP contribution in [0.2, 0.25) is 5.02 Å². The molecule has 0 aliphatic rings. The summed E-state index contributed by atoms with van der Waals surface area (Å²) in [5, 5.41) is 10.2. The van der Waals surface area contributed by atoms with E-state index in [1.165, 1.54) is 0 Å². The van der Waals surface area contributed by atoms with Crippen molar-refractivity contribution in [2.75, 3.05) is 11.9 Å². The highest BCUT2D eigenvalue weighted by molar-refractivity contribution is 6.33. The molecule has 0 aromatic heterocycles. The predicted octanol–water partition coefficient (Wildman–Crippen LogP) is 4.16. The van der Waals surface area contributed by atoms with Crippen LogP contribution in [0.5, 0.6) is 0 Å². The fourth-order valence-electron chi connectivity index (χ4n) is 1.85. The molecular weight excluding hydrogens is 246 g/mol. The second kappa shape index (κ2) is 5.42. The lowest BCUT2D eigenvalue weighted by molar-refractivity contribution is 0.199. The van der Waals surface area contributed by atoms with Crippen molar-refractivity contribution >= 4 is 23.0 Å². The van der Waals surface area contributed by atoms with E-state index in [0.717, 1.165) is 16.9 Å². The number of hydrogen-bond donors (Lipinski definition) is 1. The van der Waals surface area contributed by atoms with E-state index >= 15 is 0 Å². The average molecular weight is 262 g/mol. The number of nitrogens with zero attached hydrogens (tertiary/aromatic N) is 1. The van der Waals surface area contributed by atoms with Crippen molar-refractivity contribution < 1.29 is 5.11 Å². The molecule has 0 saturated carbocycles. The molecule has 0 amide bonds. The third kappa shape index (κ3) is 2.66. The summed E-state index contributed by atoms with van der Waals surface area (Å²) in [6.45, 7) is 1.73. The van der Waals surface area contributed by atoms with E-state index in [0.29, 0.717) is 5.02 Å². The second-order valence-corrected chi connectivity index (χ2v) is 4.69. The van der Waals surface area contributed by atoms with Gasteiger partial charge in [0.15, 0.2) is 0 Å². The monoisotopic (exact) mass is 261 g/mol. The van der Waals surface area contributed by atoms with Crippen molar-refractivity contribution in [2.45, 2.75) is 13.0 Å². The van der Waals surface area contributed by atoms with Gasteiger partial charge in [-0.2, -0.15) is 0 Å². The Hall–Kier alpha value is -1.51. The van der Waals surface area contributed by atoms with E-state index in [9.17, 15) is 5.11 Å². The minimum Gasteiger partial charge on any atom is -0.389 e. The summed E-state index contributed by atoms with van der Waals surface area (Å²) in [7, 11) is 1.97. The Balaban J connectivity index is 2.34. The number of para-hydroxylation sites is 1. The molecule has 0 bridgehead atoms. The third-order valence-corrected chi connectivity index (χ3v) is 3.26. The minimum atomic E-state index is -0.501. The summed E-state index contributed by atoms with van der Waals surface area (Å²) in [6, 6.07) is 15.6. The first kappa shape index (κ1) is 12.9. The lowest BCUT2D eigenvalue weighted by Gasteiger charge is -2.21. The van der Waals surface area contributed by atoms with E-state index in [-0.39, 0.29) is 0 Å². The Morgan fingerprint density at radius 3 is 2.33 bits per heavy atom. The summed E-state index contributed by atoms with van der Waals surface area (Å²) < 4.78 is 0. The lowest BCUT2D eigenvalue weighted by atomic mass is 10.1. The van der Waals surface area contributed by atoms with E-state index in [2.05, 4.69) is 0 Å². The van der Waals surface area contributed by atoms with Crippen LogP contribution >= 0.6 is 11.6 Å². The van der Waals surface area contributed by atoms with Crippen molar-refractivity contribution in [1.29, 1.82) is 0 Å². The van der Waals surface area contributed by atoms with Gasteiger partial charge in [0, 0.05) is 12.7 Å². The van der Waals surface area contributed by atoms with Crippen LogP contribution in [0.1, 0.15) is 18.6 Å². The maximum Gasteiger partial charge on any atom is 0.0762 e. The highest BCUT2D eigenvalue weighted by Gasteiger charge is 2.10. The van der Waals surface area contributed by atoms with Crippen LogP contribution in [0.15, 0.2) is 48.5 Å². The van der Waals surface area contributed by atoms with Gasteiger partial charge >= 0.3 is 0 Å². The Morgan fingerprint density at radius 1 is 1.11 bits per heavy atom. The van der Waals surface area contributed by atoms with Gasteiger partial charge in [-0.05, 0) is 36.8 Å². The van der Waals surface area contributed by atoms with Gasteiger partial charge in [-0.3, -0.25) is 0 Å². The van der Waals surface area contributed by atoms with E-state index in [1.54, 1.807) is 13.0 Å². The fraction of sp³-hybridized carbons (Fsp3) is 0.200. The molecule has 0 fully saturated rings. The molecular formula is C15H16ClNO. The number of aliphatic hydroxyl groups excluding tert-OH is 1. The number of hydrogen-bond acceptors (Lipinski definition) is 2. The zero-order valence-electron chi connectivity index (χ0n) is 10.5. The molecule has 2 rings (SSSR count). The Labute approximate surface area is 112 Å². The summed E-state index contributed by atoms with van der Waals surface area (Å²) in [5.74, 6) is 0. The molecule has 0 saturated heterocycles. The number of rotatable bonds is 3. The van der Waals surface area contributed by atoms with Crippen LogP contribution in [0, 0.1) is 0 Å². The van der Waals surface area contributed by atoms with Crippen LogP contribution in [0.25, 0.3) is 0 Å². The Morgan fingerprint density at radius 2 is 1.78 bits per heavy atom. The summed E-state index contributed by atoms with van der Waals surface area (Å²) in [4.78, 5) is 2.02. The molecule has 94 valence electrons. The number of aliphatic hydroxyl groups is 1. The lowest BCUT2D eigenvalue weighted by Crippen LogP contribution is -2.10. The van der Waals surface area contributed by atoms with Crippen molar-refractivity contribution in [2.24, 2.45) is 0 Å². The zero-order valence-corrected chi connectivity index (χ0v) is 11.2. The van der Waals surface area contributed by atoms with Crippen molar-refractivity contribution in [3.05, 3.63) is 59.1 Å². The summed E-state index contributed by atoms with van der Waals surface area (Å²) >= 11 is 6.27. The van der Waals surface area contributed by atoms with E-state index in [1.807, 2.05) is 54.4 Å². The molecule has 0 spiro atoms. The van der Waals surface area contributed by atoms with Gasteiger partial charge in [-0.1, -0.05) is 35.9 Å². The predicted molar refractivity (Wildman–Crippen MR) is 76.6 cm³/mol. The molecule has 0 heterocycles. The average Bonchev–Trinajstić information content (AvgIpc) is 2.38. The first-order valence-corrected chi connectivity index (χ1v) is 6.23. The molecule has 1 atom stereocenters. The third-order valence-electron chi connectivity index (χ3n) is 2.96. The van der Waals surface area contributed by atoms with Gasteiger partial charge in [0.2, 0.25) is 0 Å². The SMILES string of the molecule is C[C@H](O)c1ccc(N(C)c2ccccc2)c(Cl)c1. The maximum atomic E-state index is 9.52. The number of halogens is 1.